The van der Waals surface area contributed by atoms with Crippen molar-refractivity contribution in [3.05, 3.63) is 0 Å². The number of hydrogen-bond donors (Lipinski definition) is 1. The van der Waals surface area contributed by atoms with E-state index in [9.17, 15) is 13.2 Å². The van der Waals surface area contributed by atoms with Gasteiger partial charge in [0.1, 0.15) is 0 Å². The summed E-state index contributed by atoms with van der Waals surface area (Å²) in [7, 11) is 1.56. The first-order valence-corrected chi connectivity index (χ1v) is 4.16. The number of aliphatic hydroxyl groups is 1. The van der Waals surface area contributed by atoms with E-state index in [1.807, 2.05) is 13.8 Å². The second-order valence-electron chi connectivity index (χ2n) is 3.67. The normalized spacial score (nSPS) is 15.5. The zero-order valence-corrected chi connectivity index (χ0v) is 8.10. The molecule has 1 atom stereocenters. The first-order chi connectivity index (χ1) is 5.73. The fourth-order valence-corrected chi connectivity index (χ4v) is 1.10. The molecule has 0 saturated carbocycles. The molecule has 0 aliphatic rings. The summed E-state index contributed by atoms with van der Waals surface area (Å²) in [5.41, 5.74) is 0. The van der Waals surface area contributed by atoms with E-state index >= 15 is 0 Å². The fourth-order valence-electron chi connectivity index (χ4n) is 1.10. The van der Waals surface area contributed by atoms with E-state index < -0.39 is 12.3 Å². The lowest BCUT2D eigenvalue weighted by molar-refractivity contribution is -0.207. The van der Waals surface area contributed by atoms with Gasteiger partial charge in [0, 0.05) is 13.1 Å². The van der Waals surface area contributed by atoms with Gasteiger partial charge >= 0.3 is 6.18 Å². The molecule has 0 aliphatic carbocycles. The van der Waals surface area contributed by atoms with E-state index in [4.69, 9.17) is 5.11 Å². The van der Waals surface area contributed by atoms with Crippen molar-refractivity contribution in [2.45, 2.75) is 26.1 Å². The van der Waals surface area contributed by atoms with Gasteiger partial charge in [0.15, 0.2) is 6.10 Å². The predicted molar refractivity (Wildman–Crippen MR) is 44.4 cm³/mol. The van der Waals surface area contributed by atoms with Crippen molar-refractivity contribution in [2.24, 2.45) is 5.92 Å². The number of rotatable bonds is 4. The third-order valence-corrected chi connectivity index (χ3v) is 1.54. The highest BCUT2D eigenvalue weighted by Crippen LogP contribution is 2.20. The van der Waals surface area contributed by atoms with Gasteiger partial charge in [-0.05, 0) is 13.0 Å². The lowest BCUT2D eigenvalue weighted by atomic mass is 10.2. The molecular weight excluding hydrogens is 183 g/mol. The van der Waals surface area contributed by atoms with Gasteiger partial charge in [-0.3, -0.25) is 0 Å². The van der Waals surface area contributed by atoms with Crippen LogP contribution in [-0.2, 0) is 0 Å². The Morgan fingerprint density at radius 2 is 1.69 bits per heavy atom. The summed E-state index contributed by atoms with van der Waals surface area (Å²) in [6.07, 6.45) is -6.75. The minimum atomic E-state index is -4.51. The topological polar surface area (TPSA) is 23.5 Å². The first-order valence-electron chi connectivity index (χ1n) is 4.16. The van der Waals surface area contributed by atoms with Crippen LogP contribution in [0.1, 0.15) is 13.8 Å². The average Bonchev–Trinajstić information content (AvgIpc) is 1.82. The minimum Gasteiger partial charge on any atom is -0.382 e. The molecule has 0 rings (SSSR count). The highest BCUT2D eigenvalue weighted by atomic mass is 19.4. The van der Waals surface area contributed by atoms with Crippen molar-refractivity contribution in [2.75, 3.05) is 20.1 Å². The molecule has 5 heteroatoms. The smallest absolute Gasteiger partial charge is 0.382 e. The highest BCUT2D eigenvalue weighted by molar-refractivity contribution is 4.69. The Morgan fingerprint density at radius 1 is 1.23 bits per heavy atom. The van der Waals surface area contributed by atoms with Crippen LogP contribution in [-0.4, -0.2) is 42.4 Å². The molecule has 0 aromatic rings. The van der Waals surface area contributed by atoms with Crippen molar-refractivity contribution in [3.63, 3.8) is 0 Å². The standard InChI is InChI=1S/C8H16F3NO/c1-6(2)4-12(3)5-7(13)8(9,10)11/h6-7,13H,4-5H2,1-3H3. The molecule has 2 nitrogen and oxygen atoms in total. The second kappa shape index (κ2) is 4.81. The van der Waals surface area contributed by atoms with E-state index in [2.05, 4.69) is 0 Å². The minimum absolute atomic E-state index is 0.297. The van der Waals surface area contributed by atoms with Crippen LogP contribution in [0.2, 0.25) is 0 Å². The van der Waals surface area contributed by atoms with Gasteiger partial charge < -0.3 is 10.0 Å². The number of hydrogen-bond acceptors (Lipinski definition) is 2. The first kappa shape index (κ1) is 12.7. The molecule has 0 spiro atoms. The van der Waals surface area contributed by atoms with Gasteiger partial charge in [0.05, 0.1) is 0 Å². The fraction of sp³-hybridized carbons (Fsp3) is 1.00. The van der Waals surface area contributed by atoms with Crippen LogP contribution in [0.3, 0.4) is 0 Å². The van der Waals surface area contributed by atoms with E-state index in [-0.39, 0.29) is 6.54 Å². The van der Waals surface area contributed by atoms with Gasteiger partial charge in [0.2, 0.25) is 0 Å². The zero-order valence-electron chi connectivity index (χ0n) is 8.10. The molecule has 0 aromatic carbocycles. The maximum Gasteiger partial charge on any atom is 0.415 e. The second-order valence-corrected chi connectivity index (χ2v) is 3.67. The Kier molecular flexibility index (Phi) is 4.70. The number of halogens is 3. The third-order valence-electron chi connectivity index (χ3n) is 1.54. The van der Waals surface area contributed by atoms with Crippen LogP contribution in [0.25, 0.3) is 0 Å². The number of likely N-dealkylation sites (N-methyl/N-ethyl adjacent to an activating group) is 1. The Balaban J connectivity index is 3.85. The van der Waals surface area contributed by atoms with Gasteiger partial charge in [-0.2, -0.15) is 13.2 Å². The van der Waals surface area contributed by atoms with Gasteiger partial charge in [-0.15, -0.1) is 0 Å². The average molecular weight is 199 g/mol. The molecule has 1 N–H and O–H groups in total. The lowest BCUT2D eigenvalue weighted by Gasteiger charge is -2.23. The van der Waals surface area contributed by atoms with Crippen LogP contribution < -0.4 is 0 Å². The Morgan fingerprint density at radius 3 is 2.00 bits per heavy atom. The number of nitrogens with zero attached hydrogens (tertiary/aromatic N) is 1. The molecule has 0 bridgehead atoms. The van der Waals surface area contributed by atoms with Crippen LogP contribution in [0.4, 0.5) is 13.2 Å². The van der Waals surface area contributed by atoms with E-state index in [1.165, 1.54) is 4.90 Å². The van der Waals surface area contributed by atoms with Crippen molar-refractivity contribution in [1.29, 1.82) is 0 Å². The molecule has 0 fully saturated rings. The summed E-state index contributed by atoms with van der Waals surface area (Å²) in [4.78, 5) is 1.48. The summed E-state index contributed by atoms with van der Waals surface area (Å²) < 4.78 is 35.6. The molecule has 0 radical (unpaired) electrons. The molecule has 0 saturated heterocycles. The van der Waals surface area contributed by atoms with Gasteiger partial charge in [0.25, 0.3) is 0 Å². The lowest BCUT2D eigenvalue weighted by Crippen LogP contribution is -2.40. The quantitative estimate of drug-likeness (QED) is 0.741. The summed E-state index contributed by atoms with van der Waals surface area (Å²) in [5, 5.41) is 8.70. The Hall–Kier alpha value is -0.290. The van der Waals surface area contributed by atoms with Crippen molar-refractivity contribution >= 4 is 0 Å². The van der Waals surface area contributed by atoms with E-state index in [0.29, 0.717) is 12.5 Å². The number of aliphatic hydroxyl groups excluding tert-OH is 1. The van der Waals surface area contributed by atoms with Crippen LogP contribution in [0.5, 0.6) is 0 Å². The maximum atomic E-state index is 11.9. The maximum absolute atomic E-state index is 11.9. The number of alkyl halides is 3. The summed E-state index contributed by atoms with van der Waals surface area (Å²) >= 11 is 0. The predicted octanol–water partition coefficient (Wildman–Crippen LogP) is 1.50. The monoisotopic (exact) mass is 199 g/mol. The van der Waals surface area contributed by atoms with Crippen molar-refractivity contribution < 1.29 is 18.3 Å². The van der Waals surface area contributed by atoms with Crippen molar-refractivity contribution in [1.82, 2.24) is 4.90 Å². The molecule has 1 unspecified atom stereocenters. The van der Waals surface area contributed by atoms with Crippen LogP contribution in [0.15, 0.2) is 0 Å². The van der Waals surface area contributed by atoms with Crippen molar-refractivity contribution in [3.8, 4) is 0 Å². The summed E-state index contributed by atoms with van der Waals surface area (Å²) in [6.45, 7) is 4.02. The van der Waals surface area contributed by atoms with E-state index in [0.717, 1.165) is 0 Å². The molecular formula is C8H16F3NO. The molecule has 0 aliphatic heterocycles. The summed E-state index contributed by atoms with van der Waals surface area (Å²) in [6, 6.07) is 0. The third kappa shape index (κ3) is 5.87. The van der Waals surface area contributed by atoms with Crippen LogP contribution >= 0.6 is 0 Å². The zero-order chi connectivity index (χ0) is 10.6. The Bertz CT molecular complexity index is 147. The SMILES string of the molecule is CC(C)CN(C)CC(O)C(F)(F)F. The largest absolute Gasteiger partial charge is 0.415 e. The Labute approximate surface area is 76.3 Å². The van der Waals surface area contributed by atoms with Crippen LogP contribution in [0, 0.1) is 5.92 Å². The molecule has 80 valence electrons. The molecule has 13 heavy (non-hydrogen) atoms. The van der Waals surface area contributed by atoms with Gasteiger partial charge in [-0.1, -0.05) is 13.8 Å². The molecule has 0 aromatic heterocycles. The van der Waals surface area contributed by atoms with E-state index in [1.54, 1.807) is 7.05 Å². The summed E-state index contributed by atoms with van der Waals surface area (Å²) in [5.74, 6) is 0.297. The molecule has 0 heterocycles. The van der Waals surface area contributed by atoms with Gasteiger partial charge in [-0.25, -0.2) is 0 Å². The molecule has 0 amide bonds. The highest BCUT2D eigenvalue weighted by Gasteiger charge is 2.38.